The third-order valence-corrected chi connectivity index (χ3v) is 0.789. The minimum absolute atomic E-state index is 0.131. The second-order valence-electron chi connectivity index (χ2n) is 1.46. The van der Waals surface area contributed by atoms with Crippen LogP contribution in [-0.4, -0.2) is 25.7 Å². The molecule has 3 heteroatoms. The van der Waals surface area contributed by atoms with E-state index in [1.54, 1.807) is 0 Å². The predicted molar refractivity (Wildman–Crippen MR) is 23.8 cm³/mol. The van der Waals surface area contributed by atoms with Crippen molar-refractivity contribution in [3.63, 3.8) is 0 Å². The standard InChI is InChI=1S/C4H7NO2/c6-4-1-5-3-7-2-4/h5H,1-3H2. The lowest BCUT2D eigenvalue weighted by Crippen LogP contribution is -2.34. The molecule has 0 radical (unpaired) electrons. The number of carbonyl (C=O) groups is 1. The lowest BCUT2D eigenvalue weighted by Gasteiger charge is -2.09. The highest BCUT2D eigenvalue weighted by molar-refractivity contribution is 5.82. The Morgan fingerprint density at radius 2 is 2.57 bits per heavy atom. The fourth-order valence-electron chi connectivity index (χ4n) is 0.479. The molecule has 0 amide bonds. The van der Waals surface area contributed by atoms with Crippen molar-refractivity contribution in [2.45, 2.75) is 0 Å². The monoisotopic (exact) mass is 101 g/mol. The molecule has 0 aromatic rings. The van der Waals surface area contributed by atoms with Crippen LogP contribution < -0.4 is 5.32 Å². The maximum atomic E-state index is 10.3. The SMILES string of the molecule is O=C1CNCOC1. The summed E-state index contributed by atoms with van der Waals surface area (Å²) in [5.74, 6) is 0.131. The molecule has 1 fully saturated rings. The van der Waals surface area contributed by atoms with Gasteiger partial charge in [-0.25, -0.2) is 0 Å². The largest absolute Gasteiger partial charge is 0.358 e. The van der Waals surface area contributed by atoms with E-state index < -0.39 is 0 Å². The first-order chi connectivity index (χ1) is 3.39. The topological polar surface area (TPSA) is 38.3 Å². The van der Waals surface area contributed by atoms with E-state index in [9.17, 15) is 4.79 Å². The van der Waals surface area contributed by atoms with E-state index in [1.807, 2.05) is 0 Å². The number of hydrogen-bond acceptors (Lipinski definition) is 3. The second kappa shape index (κ2) is 2.04. The molecule has 3 nitrogen and oxygen atoms in total. The van der Waals surface area contributed by atoms with E-state index in [2.05, 4.69) is 5.32 Å². The zero-order valence-electron chi connectivity index (χ0n) is 3.94. The molecule has 40 valence electrons. The van der Waals surface area contributed by atoms with Gasteiger partial charge in [-0.3, -0.25) is 10.1 Å². The van der Waals surface area contributed by atoms with Crippen molar-refractivity contribution in [1.29, 1.82) is 0 Å². The number of ketones is 1. The average Bonchev–Trinajstić information content (AvgIpc) is 1.69. The minimum Gasteiger partial charge on any atom is -0.358 e. The van der Waals surface area contributed by atoms with Crippen LogP contribution in [0.1, 0.15) is 0 Å². The van der Waals surface area contributed by atoms with E-state index in [-0.39, 0.29) is 12.4 Å². The molecule has 0 aromatic carbocycles. The van der Waals surface area contributed by atoms with E-state index >= 15 is 0 Å². The molecule has 0 bridgehead atoms. The Hall–Kier alpha value is -0.410. The van der Waals surface area contributed by atoms with E-state index in [0.29, 0.717) is 13.3 Å². The molecular formula is C4H7NO2. The van der Waals surface area contributed by atoms with Gasteiger partial charge in [-0.1, -0.05) is 0 Å². The molecule has 0 spiro atoms. The van der Waals surface area contributed by atoms with Crippen molar-refractivity contribution in [2.75, 3.05) is 19.9 Å². The zero-order chi connectivity index (χ0) is 5.11. The van der Waals surface area contributed by atoms with Crippen LogP contribution in [0.3, 0.4) is 0 Å². The zero-order valence-corrected chi connectivity index (χ0v) is 3.94. The summed E-state index contributed by atoms with van der Waals surface area (Å²) in [6, 6.07) is 0. The van der Waals surface area contributed by atoms with Crippen LogP contribution in [0.5, 0.6) is 0 Å². The fraction of sp³-hybridized carbons (Fsp3) is 0.750. The third kappa shape index (κ3) is 1.25. The van der Waals surface area contributed by atoms with Gasteiger partial charge in [0.2, 0.25) is 0 Å². The molecule has 1 rings (SSSR count). The summed E-state index contributed by atoms with van der Waals surface area (Å²) in [5.41, 5.74) is 0. The van der Waals surface area contributed by atoms with Crippen molar-refractivity contribution in [1.82, 2.24) is 5.32 Å². The molecule has 7 heavy (non-hydrogen) atoms. The third-order valence-electron chi connectivity index (χ3n) is 0.789. The van der Waals surface area contributed by atoms with Crippen molar-refractivity contribution in [3.05, 3.63) is 0 Å². The summed E-state index contributed by atoms with van der Waals surface area (Å²) < 4.78 is 4.72. The van der Waals surface area contributed by atoms with Crippen LogP contribution in [0.2, 0.25) is 0 Å². The summed E-state index contributed by atoms with van der Waals surface area (Å²) in [5, 5.41) is 2.76. The number of Topliss-reactive ketones (excluding diaryl/α,β-unsaturated/α-hetero) is 1. The molecular weight excluding hydrogens is 94.0 g/mol. The predicted octanol–water partition coefficient (Wildman–Crippen LogP) is -0.867. The molecule has 1 aliphatic heterocycles. The molecule has 0 atom stereocenters. The Bertz CT molecular complexity index is 73.8. The smallest absolute Gasteiger partial charge is 0.172 e. The number of ether oxygens (including phenoxy) is 1. The summed E-state index contributed by atoms with van der Waals surface area (Å²) in [6.07, 6.45) is 0. The van der Waals surface area contributed by atoms with Crippen LogP contribution in [0.4, 0.5) is 0 Å². The Labute approximate surface area is 41.7 Å². The number of nitrogens with one attached hydrogen (secondary N) is 1. The molecule has 0 saturated carbocycles. The highest BCUT2D eigenvalue weighted by atomic mass is 16.5. The van der Waals surface area contributed by atoms with Crippen molar-refractivity contribution in [3.8, 4) is 0 Å². The van der Waals surface area contributed by atoms with E-state index in [0.717, 1.165) is 0 Å². The van der Waals surface area contributed by atoms with E-state index in [4.69, 9.17) is 4.74 Å². The molecule has 1 N–H and O–H groups in total. The van der Waals surface area contributed by atoms with Gasteiger partial charge < -0.3 is 4.74 Å². The lowest BCUT2D eigenvalue weighted by atomic mass is 10.4. The molecule has 0 unspecified atom stereocenters. The maximum absolute atomic E-state index is 10.3. The Balaban J connectivity index is 2.25. The number of hydrogen-bond donors (Lipinski definition) is 1. The molecule has 1 aliphatic rings. The first kappa shape index (κ1) is 4.74. The first-order valence-corrected chi connectivity index (χ1v) is 2.20. The van der Waals surface area contributed by atoms with Crippen molar-refractivity contribution in [2.24, 2.45) is 0 Å². The Morgan fingerprint density at radius 3 is 2.86 bits per heavy atom. The summed E-state index contributed by atoms with van der Waals surface area (Å²) in [6.45, 7) is 1.28. The number of rotatable bonds is 0. The first-order valence-electron chi connectivity index (χ1n) is 2.20. The Kier molecular flexibility index (Phi) is 1.38. The number of carbonyl (C=O) groups excluding carboxylic acids is 1. The lowest BCUT2D eigenvalue weighted by molar-refractivity contribution is -0.126. The molecule has 0 aliphatic carbocycles. The van der Waals surface area contributed by atoms with E-state index in [1.165, 1.54) is 0 Å². The van der Waals surface area contributed by atoms with Gasteiger partial charge >= 0.3 is 0 Å². The summed E-state index contributed by atoms with van der Waals surface area (Å²) in [7, 11) is 0. The highest BCUT2D eigenvalue weighted by Gasteiger charge is 2.04. The van der Waals surface area contributed by atoms with Gasteiger partial charge in [0.05, 0.1) is 13.3 Å². The molecule has 1 heterocycles. The van der Waals surface area contributed by atoms with Gasteiger partial charge in [0.25, 0.3) is 0 Å². The molecule has 1 saturated heterocycles. The average molecular weight is 101 g/mol. The second-order valence-corrected chi connectivity index (χ2v) is 1.46. The van der Waals surface area contributed by atoms with Crippen LogP contribution in [0.15, 0.2) is 0 Å². The minimum atomic E-state index is 0.131. The van der Waals surface area contributed by atoms with Gasteiger partial charge in [-0.2, -0.15) is 0 Å². The normalized spacial score (nSPS) is 22.6. The van der Waals surface area contributed by atoms with Crippen LogP contribution in [0.25, 0.3) is 0 Å². The quantitative estimate of drug-likeness (QED) is 0.431. The summed E-state index contributed by atoms with van der Waals surface area (Å²) >= 11 is 0. The van der Waals surface area contributed by atoms with Crippen molar-refractivity contribution < 1.29 is 9.53 Å². The fourth-order valence-corrected chi connectivity index (χ4v) is 0.479. The van der Waals surface area contributed by atoms with Gasteiger partial charge in [0.1, 0.15) is 6.61 Å². The Morgan fingerprint density at radius 1 is 1.71 bits per heavy atom. The van der Waals surface area contributed by atoms with Gasteiger partial charge in [-0.15, -0.1) is 0 Å². The van der Waals surface area contributed by atoms with Gasteiger partial charge in [-0.05, 0) is 0 Å². The van der Waals surface area contributed by atoms with Gasteiger partial charge in [0, 0.05) is 0 Å². The van der Waals surface area contributed by atoms with Crippen LogP contribution in [0, 0.1) is 0 Å². The maximum Gasteiger partial charge on any atom is 0.172 e. The van der Waals surface area contributed by atoms with Crippen molar-refractivity contribution >= 4 is 5.78 Å². The molecule has 0 aromatic heterocycles. The van der Waals surface area contributed by atoms with Crippen LogP contribution >= 0.6 is 0 Å². The van der Waals surface area contributed by atoms with Crippen LogP contribution in [-0.2, 0) is 9.53 Å². The summed E-state index contributed by atoms with van der Waals surface area (Å²) in [4.78, 5) is 10.3. The van der Waals surface area contributed by atoms with Gasteiger partial charge in [0.15, 0.2) is 5.78 Å². The highest BCUT2D eigenvalue weighted by Crippen LogP contribution is 1.80.